The summed E-state index contributed by atoms with van der Waals surface area (Å²) in [4.78, 5) is 13.3. The molecule has 0 bridgehead atoms. The third-order valence-electron chi connectivity index (χ3n) is 7.13. The fourth-order valence-electron chi connectivity index (χ4n) is 5.19. The van der Waals surface area contributed by atoms with Crippen molar-refractivity contribution in [2.24, 2.45) is 0 Å². The number of fused-ring (bicyclic) bond motifs is 3. The summed E-state index contributed by atoms with van der Waals surface area (Å²) in [6.45, 7) is 0. The van der Waals surface area contributed by atoms with Gasteiger partial charge in [-0.3, -0.25) is 4.98 Å². The van der Waals surface area contributed by atoms with Crippen LogP contribution in [0.5, 0.6) is 0 Å². The lowest BCUT2D eigenvalue weighted by Crippen LogP contribution is -1.92. The Morgan fingerprint density at radius 2 is 1.05 bits per heavy atom. The summed E-state index contributed by atoms with van der Waals surface area (Å²) in [5.74, 6) is 0. The second-order valence-electron chi connectivity index (χ2n) is 9.49. The zero-order valence-corrected chi connectivity index (χ0v) is 21.7. The van der Waals surface area contributed by atoms with Crippen molar-refractivity contribution in [3.8, 4) is 44.8 Å². The molecule has 0 amide bonds. The number of hydrogen-bond acceptors (Lipinski definition) is 3. The summed E-state index contributed by atoms with van der Waals surface area (Å²) < 4.78 is 0. The molecule has 0 atom stereocenters. The monoisotopic (exact) mass is 519 g/mol. The van der Waals surface area contributed by atoms with Gasteiger partial charge < -0.3 is 0 Å². The van der Waals surface area contributed by atoms with E-state index in [1.165, 1.54) is 27.1 Å². The topological polar surface area (TPSA) is 38.7 Å². The first-order valence-corrected chi connectivity index (χ1v) is 13.2. The quantitative estimate of drug-likeness (QED) is 0.172. The SMILES string of the molecule is Clc1nc(-c2ccc(-c3cccnc3)cc2)cc(-c2ccc(-c3cc4ccccc4c4ccccc34)cc2)n1. The Kier molecular flexibility index (Phi) is 5.84. The minimum atomic E-state index is 0.225. The lowest BCUT2D eigenvalue weighted by molar-refractivity contribution is 1.18. The van der Waals surface area contributed by atoms with Gasteiger partial charge in [0.15, 0.2) is 0 Å². The van der Waals surface area contributed by atoms with Gasteiger partial charge >= 0.3 is 0 Å². The van der Waals surface area contributed by atoms with E-state index in [0.29, 0.717) is 0 Å². The first kappa shape index (κ1) is 23.3. The first-order valence-electron chi connectivity index (χ1n) is 12.8. The molecule has 0 fully saturated rings. The number of benzene rings is 5. The number of rotatable bonds is 4. The minimum absolute atomic E-state index is 0.225. The van der Waals surface area contributed by atoms with Crippen molar-refractivity contribution >= 4 is 33.1 Å². The van der Waals surface area contributed by atoms with Crippen LogP contribution in [0, 0.1) is 0 Å². The summed E-state index contributed by atoms with van der Waals surface area (Å²) in [6.07, 6.45) is 3.64. The highest BCUT2D eigenvalue weighted by Crippen LogP contribution is 2.36. The highest BCUT2D eigenvalue weighted by atomic mass is 35.5. The molecule has 0 saturated carbocycles. The fraction of sp³-hybridized carbons (Fsp3) is 0. The van der Waals surface area contributed by atoms with Crippen LogP contribution in [-0.4, -0.2) is 15.0 Å². The molecule has 3 nitrogen and oxygen atoms in total. The average molecular weight is 520 g/mol. The maximum atomic E-state index is 6.39. The van der Waals surface area contributed by atoms with Gasteiger partial charge in [-0.05, 0) is 73.6 Å². The minimum Gasteiger partial charge on any atom is -0.264 e. The summed E-state index contributed by atoms with van der Waals surface area (Å²) >= 11 is 6.39. The van der Waals surface area contributed by atoms with Crippen LogP contribution >= 0.6 is 11.6 Å². The third kappa shape index (κ3) is 4.43. The lowest BCUT2D eigenvalue weighted by Gasteiger charge is -2.12. The molecule has 39 heavy (non-hydrogen) atoms. The Labute approximate surface area is 231 Å². The number of nitrogens with zero attached hydrogens (tertiary/aromatic N) is 3. The summed E-state index contributed by atoms with van der Waals surface area (Å²) in [5, 5.41) is 5.23. The van der Waals surface area contributed by atoms with Crippen molar-refractivity contribution in [1.29, 1.82) is 0 Å². The Bertz CT molecular complexity index is 1950. The van der Waals surface area contributed by atoms with E-state index in [1.807, 2.05) is 24.4 Å². The molecule has 0 aliphatic rings. The molecule has 184 valence electrons. The van der Waals surface area contributed by atoms with Crippen molar-refractivity contribution in [2.45, 2.75) is 0 Å². The van der Waals surface area contributed by atoms with E-state index in [-0.39, 0.29) is 5.28 Å². The third-order valence-corrected chi connectivity index (χ3v) is 7.30. The number of aromatic nitrogens is 3. The Balaban J connectivity index is 1.24. The second kappa shape index (κ2) is 9.79. The number of pyridine rings is 1. The molecule has 0 spiro atoms. The molecule has 2 aromatic heterocycles. The normalized spacial score (nSPS) is 11.2. The molecular weight excluding hydrogens is 498 g/mol. The van der Waals surface area contributed by atoms with Crippen LogP contribution in [0.2, 0.25) is 5.28 Å². The molecule has 4 heteroatoms. The molecule has 0 aliphatic heterocycles. The first-order chi connectivity index (χ1) is 19.2. The van der Waals surface area contributed by atoms with Gasteiger partial charge in [-0.15, -0.1) is 0 Å². The van der Waals surface area contributed by atoms with Gasteiger partial charge in [0.05, 0.1) is 11.4 Å². The predicted octanol–water partition coefficient (Wildman–Crippen LogP) is 9.50. The smallest absolute Gasteiger partial charge is 0.223 e. The highest BCUT2D eigenvalue weighted by Gasteiger charge is 2.11. The van der Waals surface area contributed by atoms with E-state index in [1.54, 1.807) is 6.20 Å². The molecule has 5 aromatic carbocycles. The maximum Gasteiger partial charge on any atom is 0.223 e. The van der Waals surface area contributed by atoms with Gasteiger partial charge in [0.1, 0.15) is 0 Å². The van der Waals surface area contributed by atoms with E-state index in [9.17, 15) is 0 Å². The van der Waals surface area contributed by atoms with Crippen LogP contribution in [0.1, 0.15) is 0 Å². The van der Waals surface area contributed by atoms with Crippen molar-refractivity contribution in [2.75, 3.05) is 0 Å². The van der Waals surface area contributed by atoms with E-state index >= 15 is 0 Å². The van der Waals surface area contributed by atoms with Crippen LogP contribution in [0.15, 0.2) is 134 Å². The lowest BCUT2D eigenvalue weighted by atomic mass is 9.93. The molecular formula is C35H22ClN3. The van der Waals surface area contributed by atoms with Gasteiger partial charge in [-0.25, -0.2) is 9.97 Å². The molecule has 7 rings (SSSR count). The van der Waals surface area contributed by atoms with Crippen LogP contribution < -0.4 is 0 Å². The molecule has 0 unspecified atom stereocenters. The van der Waals surface area contributed by atoms with Crippen molar-refractivity contribution in [3.63, 3.8) is 0 Å². The number of halogens is 1. The molecule has 0 radical (unpaired) electrons. The van der Waals surface area contributed by atoms with Gasteiger partial charge in [0.2, 0.25) is 5.28 Å². The zero-order chi connectivity index (χ0) is 26.2. The average Bonchev–Trinajstić information content (AvgIpc) is 3.01. The standard InChI is InChI=1S/C35H22ClN3/c36-35-38-33(25-15-11-23(12-16-25)28-7-5-19-37-22-28)21-34(39-35)26-17-13-24(14-18-26)32-20-27-6-1-2-8-29(27)30-9-3-4-10-31(30)32/h1-22H. The van der Waals surface area contributed by atoms with Gasteiger partial charge in [-0.2, -0.15) is 0 Å². The van der Waals surface area contributed by atoms with Crippen molar-refractivity contribution in [1.82, 2.24) is 15.0 Å². The molecule has 0 N–H and O–H groups in total. The van der Waals surface area contributed by atoms with E-state index < -0.39 is 0 Å². The Morgan fingerprint density at radius 1 is 0.462 bits per heavy atom. The second-order valence-corrected chi connectivity index (χ2v) is 9.83. The van der Waals surface area contributed by atoms with E-state index in [4.69, 9.17) is 11.6 Å². The van der Waals surface area contributed by atoms with Crippen molar-refractivity contribution in [3.05, 3.63) is 139 Å². The van der Waals surface area contributed by atoms with E-state index in [0.717, 1.165) is 39.2 Å². The van der Waals surface area contributed by atoms with E-state index in [2.05, 4.69) is 118 Å². The van der Waals surface area contributed by atoms with Crippen LogP contribution in [-0.2, 0) is 0 Å². The van der Waals surface area contributed by atoms with Crippen LogP contribution in [0.25, 0.3) is 66.3 Å². The molecule has 0 saturated heterocycles. The predicted molar refractivity (Wildman–Crippen MR) is 162 cm³/mol. The fourth-order valence-corrected chi connectivity index (χ4v) is 5.38. The summed E-state index contributed by atoms with van der Waals surface area (Å²) in [5.41, 5.74) is 8.09. The van der Waals surface area contributed by atoms with Gasteiger partial charge in [-0.1, -0.05) is 103 Å². The number of hydrogen-bond donors (Lipinski definition) is 0. The van der Waals surface area contributed by atoms with Gasteiger partial charge in [0, 0.05) is 23.5 Å². The largest absolute Gasteiger partial charge is 0.264 e. The zero-order valence-electron chi connectivity index (χ0n) is 20.9. The highest BCUT2D eigenvalue weighted by molar-refractivity contribution is 6.28. The maximum absolute atomic E-state index is 6.39. The van der Waals surface area contributed by atoms with Crippen molar-refractivity contribution < 1.29 is 0 Å². The Hall–Kier alpha value is -4.86. The summed E-state index contributed by atoms with van der Waals surface area (Å²) in [7, 11) is 0. The molecule has 7 aromatic rings. The molecule has 2 heterocycles. The summed E-state index contributed by atoms with van der Waals surface area (Å²) in [6, 6.07) is 42.2. The van der Waals surface area contributed by atoms with Crippen LogP contribution in [0.3, 0.4) is 0 Å². The Morgan fingerprint density at radius 3 is 1.72 bits per heavy atom. The van der Waals surface area contributed by atoms with Crippen LogP contribution in [0.4, 0.5) is 0 Å². The van der Waals surface area contributed by atoms with Gasteiger partial charge in [0.25, 0.3) is 0 Å². The molecule has 0 aliphatic carbocycles.